The van der Waals surface area contributed by atoms with Gasteiger partial charge in [-0.1, -0.05) is 42.5 Å². The van der Waals surface area contributed by atoms with E-state index in [0.29, 0.717) is 36.8 Å². The van der Waals surface area contributed by atoms with Gasteiger partial charge in [0, 0.05) is 44.4 Å². The molecule has 37 heavy (non-hydrogen) atoms. The first-order valence-electron chi connectivity index (χ1n) is 12.7. The first-order chi connectivity index (χ1) is 18.1. The molecular weight excluding hydrogens is 468 g/mol. The highest BCUT2D eigenvalue weighted by Crippen LogP contribution is 2.25. The van der Waals surface area contributed by atoms with Gasteiger partial charge in [0.15, 0.2) is 0 Å². The Balaban J connectivity index is 1.48. The lowest BCUT2D eigenvalue weighted by atomic mass is 10.1. The zero-order valence-corrected chi connectivity index (χ0v) is 21.7. The van der Waals surface area contributed by atoms with E-state index in [9.17, 15) is 4.79 Å². The number of carbonyl (C=O) groups is 1. The Morgan fingerprint density at radius 1 is 0.865 bits per heavy atom. The monoisotopic (exact) mass is 504 g/mol. The second kappa shape index (κ2) is 13.7. The Bertz CT molecular complexity index is 1110. The number of ether oxygens (including phenoxy) is 4. The number of methoxy groups -OCH3 is 2. The number of hydrogen-bond donors (Lipinski definition) is 0. The fraction of sp³-hybridized carbons (Fsp3) is 0.367. The van der Waals surface area contributed by atoms with E-state index in [4.69, 9.17) is 18.9 Å². The summed E-state index contributed by atoms with van der Waals surface area (Å²) in [5.41, 5.74) is 2.67. The maximum atomic E-state index is 13.7. The smallest absolute Gasteiger partial charge is 0.254 e. The Morgan fingerprint density at radius 2 is 1.57 bits per heavy atom. The minimum absolute atomic E-state index is 0.0604. The van der Waals surface area contributed by atoms with E-state index in [1.165, 1.54) is 0 Å². The summed E-state index contributed by atoms with van der Waals surface area (Å²) in [5.74, 6) is 1.90. The van der Waals surface area contributed by atoms with Crippen molar-refractivity contribution in [3.63, 3.8) is 0 Å². The van der Waals surface area contributed by atoms with Crippen molar-refractivity contribution in [2.75, 3.05) is 53.6 Å². The molecule has 0 unspecified atom stereocenters. The number of carbonyl (C=O) groups excluding carboxylic acids is 1. The van der Waals surface area contributed by atoms with Crippen molar-refractivity contribution in [2.24, 2.45) is 0 Å². The van der Waals surface area contributed by atoms with Crippen LogP contribution in [0, 0.1) is 0 Å². The van der Waals surface area contributed by atoms with Gasteiger partial charge in [-0.05, 0) is 41.8 Å². The largest absolute Gasteiger partial charge is 0.497 e. The number of amides is 1. The van der Waals surface area contributed by atoms with Crippen molar-refractivity contribution in [2.45, 2.75) is 19.6 Å². The highest BCUT2D eigenvalue weighted by atomic mass is 16.5. The highest BCUT2D eigenvalue weighted by molar-refractivity contribution is 5.95. The predicted molar refractivity (Wildman–Crippen MR) is 143 cm³/mol. The Kier molecular flexibility index (Phi) is 9.80. The molecule has 1 amide bonds. The molecule has 0 N–H and O–H groups in total. The maximum absolute atomic E-state index is 13.7. The summed E-state index contributed by atoms with van der Waals surface area (Å²) in [5, 5.41) is 0. The van der Waals surface area contributed by atoms with Gasteiger partial charge in [-0.25, -0.2) is 0 Å². The van der Waals surface area contributed by atoms with Gasteiger partial charge >= 0.3 is 0 Å². The molecule has 0 atom stereocenters. The topological polar surface area (TPSA) is 60.5 Å². The molecule has 7 nitrogen and oxygen atoms in total. The number of nitrogens with zero attached hydrogens (tertiary/aromatic N) is 2. The van der Waals surface area contributed by atoms with Crippen molar-refractivity contribution in [1.29, 1.82) is 0 Å². The van der Waals surface area contributed by atoms with Crippen LogP contribution in [0.15, 0.2) is 72.8 Å². The van der Waals surface area contributed by atoms with Gasteiger partial charge < -0.3 is 23.8 Å². The maximum Gasteiger partial charge on any atom is 0.254 e. The Morgan fingerprint density at radius 3 is 2.27 bits per heavy atom. The Hall–Kier alpha value is -3.55. The van der Waals surface area contributed by atoms with Gasteiger partial charge in [0.05, 0.1) is 27.4 Å². The van der Waals surface area contributed by atoms with Crippen LogP contribution in [-0.4, -0.2) is 69.3 Å². The van der Waals surface area contributed by atoms with E-state index >= 15 is 0 Å². The third kappa shape index (κ3) is 7.97. The molecule has 0 saturated carbocycles. The summed E-state index contributed by atoms with van der Waals surface area (Å²) < 4.78 is 22.3. The molecular formula is C30H36N2O5. The first-order valence-corrected chi connectivity index (χ1v) is 12.7. The molecule has 1 saturated heterocycles. The Labute approximate surface area is 219 Å². The molecule has 3 aromatic carbocycles. The third-order valence-electron chi connectivity index (χ3n) is 6.41. The summed E-state index contributed by atoms with van der Waals surface area (Å²) in [6.07, 6.45) is 0.872. The highest BCUT2D eigenvalue weighted by Gasteiger charge is 2.19. The SMILES string of the molecule is COc1cc(OC)cc(C(=O)N(CCCN2CCOCC2)Cc2cccc(OCc3ccccc3)c2)c1. The number of rotatable bonds is 12. The molecule has 0 radical (unpaired) electrons. The van der Waals surface area contributed by atoms with E-state index in [-0.39, 0.29) is 5.91 Å². The van der Waals surface area contributed by atoms with Crippen LogP contribution in [0.25, 0.3) is 0 Å². The van der Waals surface area contributed by atoms with Crippen LogP contribution in [0.4, 0.5) is 0 Å². The fourth-order valence-electron chi connectivity index (χ4n) is 4.37. The fourth-order valence-corrected chi connectivity index (χ4v) is 4.37. The van der Waals surface area contributed by atoms with E-state index in [2.05, 4.69) is 4.90 Å². The lowest BCUT2D eigenvalue weighted by Gasteiger charge is -2.28. The summed E-state index contributed by atoms with van der Waals surface area (Å²) in [6, 6.07) is 23.3. The zero-order chi connectivity index (χ0) is 25.9. The molecule has 1 heterocycles. The van der Waals surface area contributed by atoms with Gasteiger partial charge in [0.25, 0.3) is 5.91 Å². The molecule has 4 rings (SSSR count). The minimum Gasteiger partial charge on any atom is -0.497 e. The first kappa shape index (κ1) is 26.5. The molecule has 3 aromatic rings. The molecule has 0 aliphatic carbocycles. The third-order valence-corrected chi connectivity index (χ3v) is 6.41. The molecule has 0 bridgehead atoms. The number of hydrogen-bond acceptors (Lipinski definition) is 6. The van der Waals surface area contributed by atoms with Gasteiger partial charge in [0.2, 0.25) is 0 Å². The molecule has 1 aliphatic heterocycles. The van der Waals surface area contributed by atoms with Crippen molar-refractivity contribution >= 4 is 5.91 Å². The van der Waals surface area contributed by atoms with E-state index in [1.54, 1.807) is 32.4 Å². The molecule has 1 fully saturated rings. The van der Waals surface area contributed by atoms with Gasteiger partial charge in [0.1, 0.15) is 23.9 Å². The zero-order valence-electron chi connectivity index (χ0n) is 21.7. The minimum atomic E-state index is -0.0604. The van der Waals surface area contributed by atoms with Crippen molar-refractivity contribution in [3.05, 3.63) is 89.5 Å². The predicted octanol–water partition coefficient (Wildman–Crippen LogP) is 4.65. The second-order valence-electron chi connectivity index (χ2n) is 9.06. The average molecular weight is 505 g/mol. The normalized spacial score (nSPS) is 13.7. The van der Waals surface area contributed by atoms with Crippen LogP contribution in [0.3, 0.4) is 0 Å². The van der Waals surface area contributed by atoms with Crippen LogP contribution in [0.5, 0.6) is 17.2 Å². The van der Waals surface area contributed by atoms with Crippen LogP contribution < -0.4 is 14.2 Å². The van der Waals surface area contributed by atoms with E-state index in [0.717, 1.165) is 56.1 Å². The standard InChI is InChI=1S/C30H36N2O5/c1-34-28-19-26(20-29(21-28)35-2)30(33)32(13-7-12-31-14-16-36-17-15-31)22-25-10-6-11-27(18-25)37-23-24-8-4-3-5-9-24/h3-6,8-11,18-21H,7,12-17,22-23H2,1-2H3. The quantitative estimate of drug-likeness (QED) is 0.358. The van der Waals surface area contributed by atoms with Gasteiger partial charge in [-0.2, -0.15) is 0 Å². The van der Waals surface area contributed by atoms with Crippen molar-refractivity contribution in [3.8, 4) is 17.2 Å². The molecule has 7 heteroatoms. The lowest BCUT2D eigenvalue weighted by molar-refractivity contribution is 0.0355. The van der Waals surface area contributed by atoms with E-state index in [1.807, 2.05) is 59.5 Å². The second-order valence-corrected chi connectivity index (χ2v) is 9.06. The average Bonchev–Trinajstić information content (AvgIpc) is 2.96. The van der Waals surface area contributed by atoms with Crippen LogP contribution >= 0.6 is 0 Å². The summed E-state index contributed by atoms with van der Waals surface area (Å²) in [4.78, 5) is 18.0. The lowest BCUT2D eigenvalue weighted by Crippen LogP contribution is -2.39. The van der Waals surface area contributed by atoms with Gasteiger partial charge in [-0.3, -0.25) is 9.69 Å². The van der Waals surface area contributed by atoms with Crippen LogP contribution in [-0.2, 0) is 17.9 Å². The summed E-state index contributed by atoms with van der Waals surface area (Å²) in [6.45, 7) is 5.92. The van der Waals surface area contributed by atoms with Gasteiger partial charge in [-0.15, -0.1) is 0 Å². The molecule has 196 valence electrons. The summed E-state index contributed by atoms with van der Waals surface area (Å²) >= 11 is 0. The van der Waals surface area contributed by atoms with Crippen LogP contribution in [0.2, 0.25) is 0 Å². The number of morpholine rings is 1. The van der Waals surface area contributed by atoms with Crippen molar-refractivity contribution in [1.82, 2.24) is 9.80 Å². The molecule has 0 spiro atoms. The van der Waals surface area contributed by atoms with E-state index < -0.39 is 0 Å². The summed E-state index contributed by atoms with van der Waals surface area (Å²) in [7, 11) is 3.17. The van der Waals surface area contributed by atoms with Crippen LogP contribution in [0.1, 0.15) is 27.9 Å². The molecule has 0 aromatic heterocycles. The molecule has 1 aliphatic rings. The number of benzene rings is 3. The van der Waals surface area contributed by atoms with Crippen molar-refractivity contribution < 1.29 is 23.7 Å².